The molecule has 1 aromatic rings. The first-order valence-corrected chi connectivity index (χ1v) is 6.52. The van der Waals surface area contributed by atoms with Gasteiger partial charge in [-0.2, -0.15) is 0 Å². The van der Waals surface area contributed by atoms with Crippen LogP contribution in [0, 0.1) is 0 Å². The fraction of sp³-hybridized carbons (Fsp3) is 0.357. The standard InChI is InChI=1S/C14H16N2OS/c1-3-8-16-13(18)15-11-9-14(16,2)17-12-7-5-4-6-10(11)12/h3-7,11H,1,8-9H2,2H3,(H,15,18). The van der Waals surface area contributed by atoms with Gasteiger partial charge < -0.3 is 15.0 Å². The normalized spacial score (nSPS) is 29.1. The highest BCUT2D eigenvalue weighted by molar-refractivity contribution is 7.80. The summed E-state index contributed by atoms with van der Waals surface area (Å²) >= 11 is 5.43. The van der Waals surface area contributed by atoms with Crippen molar-refractivity contribution >= 4 is 17.3 Å². The van der Waals surface area contributed by atoms with Gasteiger partial charge in [-0.05, 0) is 25.2 Å². The molecule has 2 atom stereocenters. The van der Waals surface area contributed by atoms with Crippen LogP contribution in [0.2, 0.25) is 0 Å². The van der Waals surface area contributed by atoms with Crippen LogP contribution in [0.1, 0.15) is 24.9 Å². The first kappa shape index (κ1) is 11.5. The van der Waals surface area contributed by atoms with E-state index in [2.05, 4.69) is 29.8 Å². The Kier molecular flexibility index (Phi) is 2.55. The van der Waals surface area contributed by atoms with Crippen LogP contribution < -0.4 is 10.1 Å². The van der Waals surface area contributed by atoms with Crippen molar-refractivity contribution in [3.05, 3.63) is 42.5 Å². The zero-order chi connectivity index (χ0) is 12.8. The van der Waals surface area contributed by atoms with Gasteiger partial charge in [0.2, 0.25) is 0 Å². The molecule has 94 valence electrons. The van der Waals surface area contributed by atoms with Gasteiger partial charge in [-0.15, -0.1) is 6.58 Å². The van der Waals surface area contributed by atoms with Gasteiger partial charge in [0, 0.05) is 18.5 Å². The molecule has 2 aliphatic rings. The second kappa shape index (κ2) is 3.99. The lowest BCUT2D eigenvalue weighted by Crippen LogP contribution is -2.64. The van der Waals surface area contributed by atoms with Crippen molar-refractivity contribution in [2.45, 2.75) is 25.1 Å². The summed E-state index contributed by atoms with van der Waals surface area (Å²) in [5.74, 6) is 0.945. The second-order valence-electron chi connectivity index (χ2n) is 4.92. The van der Waals surface area contributed by atoms with Gasteiger partial charge in [-0.25, -0.2) is 0 Å². The van der Waals surface area contributed by atoms with Gasteiger partial charge in [0.25, 0.3) is 0 Å². The summed E-state index contributed by atoms with van der Waals surface area (Å²) in [5.41, 5.74) is 0.811. The number of nitrogens with zero attached hydrogens (tertiary/aromatic N) is 1. The van der Waals surface area contributed by atoms with Crippen LogP contribution in [0.15, 0.2) is 36.9 Å². The molecule has 1 aromatic carbocycles. The second-order valence-corrected chi connectivity index (χ2v) is 5.31. The molecule has 1 saturated heterocycles. The number of para-hydroxylation sites is 1. The largest absolute Gasteiger partial charge is 0.468 e. The smallest absolute Gasteiger partial charge is 0.184 e. The Labute approximate surface area is 112 Å². The minimum atomic E-state index is -0.379. The third-order valence-electron chi connectivity index (χ3n) is 3.63. The maximum absolute atomic E-state index is 6.18. The Morgan fingerprint density at radius 1 is 1.61 bits per heavy atom. The highest BCUT2D eigenvalue weighted by Crippen LogP contribution is 2.43. The molecule has 1 N–H and O–H groups in total. The topological polar surface area (TPSA) is 24.5 Å². The van der Waals surface area contributed by atoms with Crippen LogP contribution in [0.3, 0.4) is 0 Å². The van der Waals surface area contributed by atoms with Gasteiger partial charge in [-0.1, -0.05) is 24.3 Å². The molecule has 0 saturated carbocycles. The molecule has 0 aromatic heterocycles. The molecule has 0 aliphatic carbocycles. The summed E-state index contributed by atoms with van der Waals surface area (Å²) in [6.07, 6.45) is 2.74. The fourth-order valence-corrected chi connectivity index (χ4v) is 3.18. The van der Waals surface area contributed by atoms with Crippen LogP contribution in [-0.2, 0) is 0 Å². The number of benzene rings is 1. The number of nitrogens with one attached hydrogen (secondary N) is 1. The molecule has 0 spiro atoms. The SMILES string of the molecule is C=CCN1C(=S)NC2CC1(C)Oc1ccccc12. The zero-order valence-electron chi connectivity index (χ0n) is 10.3. The predicted molar refractivity (Wildman–Crippen MR) is 75.5 cm³/mol. The summed E-state index contributed by atoms with van der Waals surface area (Å²) in [6, 6.07) is 8.39. The van der Waals surface area contributed by atoms with Crippen LogP contribution in [-0.4, -0.2) is 22.3 Å². The van der Waals surface area contributed by atoms with Crippen LogP contribution >= 0.6 is 12.2 Å². The highest BCUT2D eigenvalue weighted by atomic mass is 32.1. The molecule has 1 fully saturated rings. The van der Waals surface area contributed by atoms with Crippen molar-refractivity contribution in [2.24, 2.45) is 0 Å². The lowest BCUT2D eigenvalue weighted by Gasteiger charge is -2.52. The number of hydrogen-bond donors (Lipinski definition) is 1. The summed E-state index contributed by atoms with van der Waals surface area (Å²) in [5, 5.41) is 4.13. The Morgan fingerprint density at radius 2 is 2.39 bits per heavy atom. The molecular weight excluding hydrogens is 244 g/mol. The average Bonchev–Trinajstić information content (AvgIpc) is 2.34. The van der Waals surface area contributed by atoms with Crippen LogP contribution in [0.5, 0.6) is 5.75 Å². The molecule has 3 nitrogen and oxygen atoms in total. The van der Waals surface area contributed by atoms with Crippen molar-refractivity contribution in [1.29, 1.82) is 0 Å². The van der Waals surface area contributed by atoms with Gasteiger partial charge in [-0.3, -0.25) is 0 Å². The van der Waals surface area contributed by atoms with Gasteiger partial charge in [0.05, 0.1) is 6.04 Å². The summed E-state index contributed by atoms with van der Waals surface area (Å²) < 4.78 is 6.18. The first-order valence-electron chi connectivity index (χ1n) is 6.11. The summed E-state index contributed by atoms with van der Waals surface area (Å²) in [6.45, 7) is 6.57. The number of fused-ring (bicyclic) bond motifs is 4. The molecule has 4 heteroatoms. The maximum Gasteiger partial charge on any atom is 0.184 e. The zero-order valence-corrected chi connectivity index (χ0v) is 11.2. The lowest BCUT2D eigenvalue weighted by atomic mass is 9.91. The van der Waals surface area contributed by atoms with Crippen molar-refractivity contribution < 1.29 is 4.74 Å². The highest BCUT2D eigenvalue weighted by Gasteiger charge is 2.46. The lowest BCUT2D eigenvalue weighted by molar-refractivity contribution is -0.0631. The number of rotatable bonds is 2. The monoisotopic (exact) mass is 260 g/mol. The molecule has 2 bridgehead atoms. The molecule has 2 unspecified atom stereocenters. The van der Waals surface area contributed by atoms with E-state index in [1.54, 1.807) is 0 Å². The molecule has 2 heterocycles. The fourth-order valence-electron chi connectivity index (χ4n) is 2.77. The Hall–Kier alpha value is -1.55. The van der Waals surface area contributed by atoms with E-state index < -0.39 is 0 Å². The molecule has 0 radical (unpaired) electrons. The van der Waals surface area contributed by atoms with E-state index in [4.69, 9.17) is 17.0 Å². The van der Waals surface area contributed by atoms with Crippen molar-refractivity contribution in [3.8, 4) is 5.75 Å². The minimum Gasteiger partial charge on any atom is -0.468 e. The van der Waals surface area contributed by atoms with E-state index in [1.165, 1.54) is 5.56 Å². The van der Waals surface area contributed by atoms with E-state index in [0.717, 1.165) is 17.3 Å². The van der Waals surface area contributed by atoms with E-state index >= 15 is 0 Å². The third kappa shape index (κ3) is 1.60. The average molecular weight is 260 g/mol. The molecule has 3 rings (SSSR count). The van der Waals surface area contributed by atoms with Crippen molar-refractivity contribution in [3.63, 3.8) is 0 Å². The minimum absolute atomic E-state index is 0.244. The number of hydrogen-bond acceptors (Lipinski definition) is 2. The van der Waals surface area contributed by atoms with Gasteiger partial charge in [0.15, 0.2) is 10.8 Å². The molecule has 18 heavy (non-hydrogen) atoms. The van der Waals surface area contributed by atoms with Gasteiger partial charge >= 0.3 is 0 Å². The van der Waals surface area contributed by atoms with E-state index in [0.29, 0.717) is 6.54 Å². The van der Waals surface area contributed by atoms with E-state index in [-0.39, 0.29) is 11.8 Å². The van der Waals surface area contributed by atoms with Crippen LogP contribution in [0.25, 0.3) is 0 Å². The maximum atomic E-state index is 6.18. The number of thiocarbonyl (C=S) groups is 1. The van der Waals surface area contributed by atoms with E-state index in [9.17, 15) is 0 Å². The van der Waals surface area contributed by atoms with Crippen molar-refractivity contribution in [1.82, 2.24) is 10.2 Å². The Balaban J connectivity index is 2.04. The van der Waals surface area contributed by atoms with Crippen molar-refractivity contribution in [2.75, 3.05) is 6.54 Å². The molecular formula is C14H16N2OS. The Bertz CT molecular complexity index is 516. The molecule has 2 aliphatic heterocycles. The van der Waals surface area contributed by atoms with Gasteiger partial charge in [0.1, 0.15) is 5.75 Å². The summed E-state index contributed by atoms with van der Waals surface area (Å²) in [7, 11) is 0. The van der Waals surface area contributed by atoms with E-state index in [1.807, 2.05) is 24.3 Å². The first-order chi connectivity index (χ1) is 8.64. The van der Waals surface area contributed by atoms with Crippen LogP contribution in [0.4, 0.5) is 0 Å². The molecule has 0 amide bonds. The Morgan fingerprint density at radius 3 is 3.17 bits per heavy atom. The summed E-state index contributed by atoms with van der Waals surface area (Å²) in [4.78, 5) is 2.06. The number of ether oxygens (including phenoxy) is 1. The predicted octanol–water partition coefficient (Wildman–Crippen LogP) is 2.60. The third-order valence-corrected chi connectivity index (χ3v) is 3.97. The quantitative estimate of drug-likeness (QED) is 0.652.